The van der Waals surface area contributed by atoms with Gasteiger partial charge in [0.15, 0.2) is 6.61 Å². The molecule has 0 aliphatic rings. The van der Waals surface area contributed by atoms with E-state index in [1.54, 1.807) is 18.3 Å². The summed E-state index contributed by atoms with van der Waals surface area (Å²) in [6.45, 7) is 2.59. The molecule has 0 aliphatic heterocycles. The highest BCUT2D eigenvalue weighted by Gasteiger charge is 2.09. The number of rotatable bonds is 6. The average Bonchev–Trinajstić information content (AvgIpc) is 2.63. The van der Waals surface area contributed by atoms with E-state index in [1.807, 2.05) is 24.3 Å². The molecule has 1 heterocycles. The van der Waals surface area contributed by atoms with Crippen molar-refractivity contribution in [2.45, 2.75) is 13.3 Å². The van der Waals surface area contributed by atoms with Crippen LogP contribution in [0.1, 0.15) is 11.1 Å². The van der Waals surface area contributed by atoms with Gasteiger partial charge in [-0.25, -0.2) is 0 Å². The molecule has 5 heteroatoms. The number of nitrogens with one attached hydrogen (secondary N) is 1. The fourth-order valence-corrected chi connectivity index (χ4v) is 2.87. The zero-order chi connectivity index (χ0) is 17.6. The maximum atomic E-state index is 12.0. The van der Waals surface area contributed by atoms with Gasteiger partial charge >= 0.3 is 0 Å². The van der Waals surface area contributed by atoms with Crippen LogP contribution in [0.25, 0.3) is 10.9 Å². The third kappa shape index (κ3) is 4.28. The van der Waals surface area contributed by atoms with Gasteiger partial charge in [0.1, 0.15) is 11.3 Å². The average molecular weight is 355 g/mol. The summed E-state index contributed by atoms with van der Waals surface area (Å²) in [4.78, 5) is 16.3. The molecule has 128 valence electrons. The van der Waals surface area contributed by atoms with E-state index >= 15 is 0 Å². The third-order valence-electron chi connectivity index (χ3n) is 4.02. The summed E-state index contributed by atoms with van der Waals surface area (Å²) in [6, 6.07) is 15.3. The molecule has 0 aliphatic carbocycles. The van der Waals surface area contributed by atoms with Gasteiger partial charge in [-0.05, 0) is 48.7 Å². The van der Waals surface area contributed by atoms with Crippen molar-refractivity contribution in [3.05, 3.63) is 70.9 Å². The van der Waals surface area contributed by atoms with Gasteiger partial charge in [0.05, 0.1) is 5.02 Å². The van der Waals surface area contributed by atoms with Crippen LogP contribution in [-0.2, 0) is 11.2 Å². The maximum Gasteiger partial charge on any atom is 0.257 e. The zero-order valence-electron chi connectivity index (χ0n) is 14.0. The number of aryl methyl sites for hydroxylation is 1. The summed E-state index contributed by atoms with van der Waals surface area (Å²) in [5.41, 5.74) is 3.12. The molecule has 0 fully saturated rings. The number of ether oxygens (including phenoxy) is 1. The van der Waals surface area contributed by atoms with Crippen molar-refractivity contribution in [1.29, 1.82) is 0 Å². The number of aromatic nitrogens is 1. The Morgan fingerprint density at radius 2 is 2.00 bits per heavy atom. The molecule has 1 amide bonds. The number of benzene rings is 2. The van der Waals surface area contributed by atoms with Crippen molar-refractivity contribution in [2.24, 2.45) is 0 Å². The zero-order valence-corrected chi connectivity index (χ0v) is 14.7. The smallest absolute Gasteiger partial charge is 0.257 e. The van der Waals surface area contributed by atoms with Gasteiger partial charge < -0.3 is 10.1 Å². The summed E-state index contributed by atoms with van der Waals surface area (Å²) in [5.74, 6) is 0.390. The normalized spacial score (nSPS) is 10.6. The predicted octanol–water partition coefficient (Wildman–Crippen LogP) is 3.93. The molecule has 0 atom stereocenters. The molecular weight excluding hydrogens is 336 g/mol. The molecular formula is C20H19ClN2O2. The van der Waals surface area contributed by atoms with Gasteiger partial charge in [0.2, 0.25) is 0 Å². The predicted molar refractivity (Wildman–Crippen MR) is 100 cm³/mol. The molecule has 1 aromatic heterocycles. The van der Waals surface area contributed by atoms with Crippen LogP contribution in [-0.4, -0.2) is 24.0 Å². The number of carbonyl (C=O) groups is 1. The van der Waals surface area contributed by atoms with E-state index in [9.17, 15) is 4.79 Å². The molecule has 0 saturated heterocycles. The first kappa shape index (κ1) is 17.2. The Morgan fingerprint density at radius 3 is 2.84 bits per heavy atom. The van der Waals surface area contributed by atoms with Gasteiger partial charge in [-0.3, -0.25) is 9.78 Å². The molecule has 0 spiro atoms. The number of hydrogen-bond acceptors (Lipinski definition) is 3. The van der Waals surface area contributed by atoms with Crippen LogP contribution in [0, 0.1) is 6.92 Å². The van der Waals surface area contributed by atoms with Crippen molar-refractivity contribution >= 4 is 28.4 Å². The van der Waals surface area contributed by atoms with Crippen LogP contribution < -0.4 is 10.1 Å². The second-order valence-corrected chi connectivity index (χ2v) is 6.17. The fraction of sp³-hybridized carbons (Fsp3) is 0.200. The second kappa shape index (κ2) is 7.99. The van der Waals surface area contributed by atoms with Gasteiger partial charge in [0, 0.05) is 18.1 Å². The highest BCUT2D eigenvalue weighted by molar-refractivity contribution is 6.35. The Bertz CT molecular complexity index is 896. The van der Waals surface area contributed by atoms with Crippen molar-refractivity contribution in [3.63, 3.8) is 0 Å². The molecule has 2 aromatic carbocycles. The number of pyridine rings is 1. The molecule has 0 saturated carbocycles. The van der Waals surface area contributed by atoms with E-state index in [1.165, 1.54) is 11.1 Å². The molecule has 0 radical (unpaired) electrons. The Balaban J connectivity index is 1.55. The second-order valence-electron chi connectivity index (χ2n) is 5.76. The number of carbonyl (C=O) groups excluding carboxylic acids is 1. The number of hydrogen-bond donors (Lipinski definition) is 1. The first-order valence-electron chi connectivity index (χ1n) is 8.12. The standard InChI is InChI=1S/C20H19ClN2O2/c1-14-5-2-3-6-15(14)10-12-22-19(24)13-25-18-9-8-17(21)16-7-4-11-23-20(16)18/h2-9,11H,10,12-13H2,1H3,(H,22,24). The summed E-state index contributed by atoms with van der Waals surface area (Å²) in [7, 11) is 0. The molecule has 4 nitrogen and oxygen atoms in total. The van der Waals surface area contributed by atoms with Gasteiger partial charge in [-0.1, -0.05) is 35.9 Å². The van der Waals surface area contributed by atoms with Crippen LogP contribution in [0.4, 0.5) is 0 Å². The Labute approximate surface area is 151 Å². The van der Waals surface area contributed by atoms with E-state index < -0.39 is 0 Å². The number of halogens is 1. The van der Waals surface area contributed by atoms with E-state index in [-0.39, 0.29) is 12.5 Å². The molecule has 0 bridgehead atoms. The van der Waals surface area contributed by atoms with Crippen molar-refractivity contribution in [3.8, 4) is 5.75 Å². The Kier molecular flexibility index (Phi) is 5.51. The minimum Gasteiger partial charge on any atom is -0.481 e. The molecule has 1 N–H and O–H groups in total. The molecule has 3 rings (SSSR count). The van der Waals surface area contributed by atoms with Crippen LogP contribution in [0.3, 0.4) is 0 Å². The first-order valence-corrected chi connectivity index (χ1v) is 8.50. The highest BCUT2D eigenvalue weighted by Crippen LogP contribution is 2.29. The number of nitrogens with zero attached hydrogens (tertiary/aromatic N) is 1. The quantitative estimate of drug-likeness (QED) is 0.729. The van der Waals surface area contributed by atoms with E-state index in [0.717, 1.165) is 11.8 Å². The minimum absolute atomic E-state index is 0.0545. The number of amides is 1. The highest BCUT2D eigenvalue weighted by atomic mass is 35.5. The summed E-state index contributed by atoms with van der Waals surface area (Å²) >= 11 is 6.16. The Hall–Kier alpha value is -2.59. The topological polar surface area (TPSA) is 51.2 Å². The van der Waals surface area contributed by atoms with Crippen LogP contribution >= 0.6 is 11.6 Å². The minimum atomic E-state index is -0.160. The first-order chi connectivity index (χ1) is 12.1. The molecule has 25 heavy (non-hydrogen) atoms. The van der Waals surface area contributed by atoms with Crippen molar-refractivity contribution in [2.75, 3.05) is 13.2 Å². The van der Waals surface area contributed by atoms with Crippen LogP contribution in [0.5, 0.6) is 5.75 Å². The van der Waals surface area contributed by atoms with E-state index in [0.29, 0.717) is 22.8 Å². The van der Waals surface area contributed by atoms with Crippen molar-refractivity contribution < 1.29 is 9.53 Å². The summed E-state index contributed by atoms with van der Waals surface area (Å²) < 4.78 is 5.63. The van der Waals surface area contributed by atoms with Gasteiger partial charge in [-0.2, -0.15) is 0 Å². The Morgan fingerprint density at radius 1 is 1.16 bits per heavy atom. The lowest BCUT2D eigenvalue weighted by Gasteiger charge is -2.10. The molecule has 0 unspecified atom stereocenters. The summed E-state index contributed by atoms with van der Waals surface area (Å²) in [5, 5.41) is 4.29. The lowest BCUT2D eigenvalue weighted by atomic mass is 10.1. The fourth-order valence-electron chi connectivity index (χ4n) is 2.65. The van der Waals surface area contributed by atoms with Gasteiger partial charge in [-0.15, -0.1) is 0 Å². The van der Waals surface area contributed by atoms with Gasteiger partial charge in [0.25, 0.3) is 5.91 Å². The van der Waals surface area contributed by atoms with Crippen LogP contribution in [0.15, 0.2) is 54.7 Å². The SMILES string of the molecule is Cc1ccccc1CCNC(=O)COc1ccc(Cl)c2cccnc12. The van der Waals surface area contributed by atoms with Crippen LogP contribution in [0.2, 0.25) is 5.02 Å². The lowest BCUT2D eigenvalue weighted by molar-refractivity contribution is -0.123. The largest absolute Gasteiger partial charge is 0.481 e. The third-order valence-corrected chi connectivity index (χ3v) is 4.35. The molecule has 3 aromatic rings. The summed E-state index contributed by atoms with van der Waals surface area (Å²) in [6.07, 6.45) is 2.47. The van der Waals surface area contributed by atoms with E-state index in [4.69, 9.17) is 16.3 Å². The lowest BCUT2D eigenvalue weighted by Crippen LogP contribution is -2.30. The van der Waals surface area contributed by atoms with E-state index in [2.05, 4.69) is 29.4 Å². The van der Waals surface area contributed by atoms with Crippen molar-refractivity contribution in [1.82, 2.24) is 10.3 Å². The number of fused-ring (bicyclic) bond motifs is 1. The monoisotopic (exact) mass is 354 g/mol. The maximum absolute atomic E-state index is 12.0.